The van der Waals surface area contributed by atoms with E-state index in [1.807, 2.05) is 43.3 Å². The zero-order valence-electron chi connectivity index (χ0n) is 17.8. The Morgan fingerprint density at radius 1 is 1.06 bits per heavy atom. The van der Waals surface area contributed by atoms with Gasteiger partial charge in [-0.15, -0.1) is 0 Å². The van der Waals surface area contributed by atoms with Crippen LogP contribution in [-0.4, -0.2) is 17.1 Å². The highest BCUT2D eigenvalue weighted by atomic mass is 32.2. The van der Waals surface area contributed by atoms with Crippen LogP contribution in [0.3, 0.4) is 0 Å². The third-order valence-corrected chi connectivity index (χ3v) is 6.43. The monoisotopic (exact) mass is 457 g/mol. The fourth-order valence-corrected chi connectivity index (χ4v) is 4.77. The zero-order valence-corrected chi connectivity index (χ0v) is 18.6. The lowest BCUT2D eigenvalue weighted by Gasteiger charge is -2.18. The van der Waals surface area contributed by atoms with Gasteiger partial charge in [0.05, 0.1) is 5.25 Å². The van der Waals surface area contributed by atoms with Crippen LogP contribution in [0.15, 0.2) is 89.5 Å². The number of nitrogens with one attached hydrogen (secondary N) is 1. The molecular formula is C26H20FN3O2S. The van der Waals surface area contributed by atoms with E-state index in [0.717, 1.165) is 11.1 Å². The van der Waals surface area contributed by atoms with Crippen LogP contribution in [0.1, 0.15) is 11.1 Å². The number of hydrogen-bond acceptors (Lipinski definition) is 4. The maximum Gasteiger partial charge on any atom is 0.269 e. The number of carbonyl (C=O) groups excluding carboxylic acids is 2. The number of para-hydroxylation sites is 1. The first-order valence-electron chi connectivity index (χ1n) is 10.3. The fourth-order valence-electron chi connectivity index (χ4n) is 3.47. The first-order valence-corrected chi connectivity index (χ1v) is 11.2. The highest BCUT2D eigenvalue weighted by Crippen LogP contribution is 2.42. The van der Waals surface area contributed by atoms with Gasteiger partial charge in [0.1, 0.15) is 22.5 Å². The van der Waals surface area contributed by atoms with Crippen LogP contribution in [0.25, 0.3) is 0 Å². The summed E-state index contributed by atoms with van der Waals surface area (Å²) < 4.78 is 13.5. The van der Waals surface area contributed by atoms with Gasteiger partial charge in [0.25, 0.3) is 5.91 Å². The summed E-state index contributed by atoms with van der Waals surface area (Å²) in [6.45, 7) is 1.99. The number of carbonyl (C=O) groups is 2. The average Bonchev–Trinajstić information content (AvgIpc) is 3.12. The molecule has 1 saturated heterocycles. The van der Waals surface area contributed by atoms with Crippen molar-refractivity contribution in [1.29, 1.82) is 5.26 Å². The second-order valence-corrected chi connectivity index (χ2v) is 8.75. The third-order valence-electron chi connectivity index (χ3n) is 5.16. The standard InChI is InChI=1S/C26H20FN3O2S/c1-17-7-9-18(10-8-17)15-23-25(32)30(21-13-11-19(27)12-14-21)26(33-23)22(16-28)24(31)29-20-5-3-2-4-6-20/h2-14,23H,15H2,1H3,(H,29,31)/b26-22-/t23-/m0/s1. The number of benzene rings is 3. The largest absolute Gasteiger partial charge is 0.321 e. The lowest BCUT2D eigenvalue weighted by Crippen LogP contribution is -2.30. The highest BCUT2D eigenvalue weighted by molar-refractivity contribution is 8.05. The molecule has 0 aromatic heterocycles. The quantitative estimate of drug-likeness (QED) is 0.422. The Morgan fingerprint density at radius 3 is 2.36 bits per heavy atom. The number of nitrogens with zero attached hydrogens (tertiary/aromatic N) is 2. The van der Waals surface area contributed by atoms with Crippen molar-refractivity contribution in [1.82, 2.24) is 0 Å². The summed E-state index contributed by atoms with van der Waals surface area (Å²) in [7, 11) is 0. The van der Waals surface area contributed by atoms with Crippen LogP contribution in [-0.2, 0) is 16.0 Å². The summed E-state index contributed by atoms with van der Waals surface area (Å²) in [5.74, 6) is -1.31. The molecule has 3 aromatic carbocycles. The minimum atomic E-state index is -0.609. The van der Waals surface area contributed by atoms with Crippen molar-refractivity contribution in [3.63, 3.8) is 0 Å². The van der Waals surface area contributed by atoms with Crippen LogP contribution in [0.2, 0.25) is 0 Å². The molecule has 1 fully saturated rings. The zero-order chi connectivity index (χ0) is 23.4. The van der Waals surface area contributed by atoms with Crippen molar-refractivity contribution >= 4 is 35.0 Å². The first-order chi connectivity index (χ1) is 16.0. The number of anilines is 2. The highest BCUT2D eigenvalue weighted by Gasteiger charge is 2.40. The summed E-state index contributed by atoms with van der Waals surface area (Å²) in [6, 6.07) is 24.0. The Labute approximate surface area is 195 Å². The van der Waals surface area contributed by atoms with Crippen molar-refractivity contribution in [3.8, 4) is 6.07 Å². The molecule has 0 saturated carbocycles. The van der Waals surface area contributed by atoms with E-state index < -0.39 is 17.0 Å². The van der Waals surface area contributed by atoms with Gasteiger partial charge in [-0.3, -0.25) is 14.5 Å². The molecule has 33 heavy (non-hydrogen) atoms. The predicted octanol–water partition coefficient (Wildman–Crippen LogP) is 5.20. The van der Waals surface area contributed by atoms with Crippen LogP contribution in [0, 0.1) is 24.1 Å². The van der Waals surface area contributed by atoms with Crippen molar-refractivity contribution in [3.05, 3.63) is 106 Å². The fraction of sp³-hybridized carbons (Fsp3) is 0.115. The van der Waals surface area contributed by atoms with Crippen molar-refractivity contribution in [2.45, 2.75) is 18.6 Å². The summed E-state index contributed by atoms with van der Waals surface area (Å²) in [6.07, 6.45) is 0.435. The van der Waals surface area contributed by atoms with Gasteiger partial charge in [0, 0.05) is 11.4 Å². The minimum Gasteiger partial charge on any atom is -0.321 e. The molecule has 0 aliphatic carbocycles. The molecule has 1 aliphatic heterocycles. The van der Waals surface area contributed by atoms with Crippen molar-refractivity contribution in [2.75, 3.05) is 10.2 Å². The molecular weight excluding hydrogens is 437 g/mol. The molecule has 1 atom stereocenters. The molecule has 0 bridgehead atoms. The summed E-state index contributed by atoms with van der Waals surface area (Å²) >= 11 is 1.18. The van der Waals surface area contributed by atoms with Gasteiger partial charge in [0.2, 0.25) is 5.91 Å². The Hall–Kier alpha value is -3.89. The second kappa shape index (κ2) is 9.72. The van der Waals surface area contributed by atoms with Crippen molar-refractivity contribution in [2.24, 2.45) is 0 Å². The second-order valence-electron chi connectivity index (χ2n) is 7.56. The lowest BCUT2D eigenvalue weighted by atomic mass is 10.1. The van der Waals surface area contributed by atoms with E-state index in [4.69, 9.17) is 0 Å². The van der Waals surface area contributed by atoms with Gasteiger partial charge >= 0.3 is 0 Å². The number of amides is 2. The Kier molecular flexibility index (Phi) is 6.57. The SMILES string of the molecule is Cc1ccc(C[C@@H]2S/C(=C(/C#N)C(=O)Nc3ccccc3)N(c3ccc(F)cc3)C2=O)cc1. The molecule has 5 nitrogen and oxygen atoms in total. The van der Waals surface area contributed by atoms with Gasteiger partial charge in [0.15, 0.2) is 0 Å². The van der Waals surface area contributed by atoms with E-state index in [2.05, 4.69) is 5.32 Å². The van der Waals surface area contributed by atoms with E-state index >= 15 is 0 Å². The van der Waals surface area contributed by atoms with E-state index in [0.29, 0.717) is 17.8 Å². The number of thioether (sulfide) groups is 1. The van der Waals surface area contributed by atoms with Gasteiger partial charge < -0.3 is 5.32 Å². The van der Waals surface area contributed by atoms with Crippen LogP contribution >= 0.6 is 11.8 Å². The van der Waals surface area contributed by atoms with Crippen LogP contribution < -0.4 is 10.2 Å². The molecule has 0 unspecified atom stereocenters. The summed E-state index contributed by atoms with van der Waals surface area (Å²) in [4.78, 5) is 27.7. The molecule has 1 heterocycles. The summed E-state index contributed by atoms with van der Waals surface area (Å²) in [5, 5.41) is 12.3. The Bertz CT molecular complexity index is 1250. The molecule has 1 N–H and O–H groups in total. The normalized spacial score (nSPS) is 16.9. The third kappa shape index (κ3) is 4.97. The van der Waals surface area contributed by atoms with Gasteiger partial charge in [-0.05, 0) is 55.3 Å². The lowest BCUT2D eigenvalue weighted by molar-refractivity contribution is -0.117. The molecule has 7 heteroatoms. The van der Waals surface area contributed by atoms with E-state index in [-0.39, 0.29) is 16.5 Å². The van der Waals surface area contributed by atoms with Crippen LogP contribution in [0.5, 0.6) is 0 Å². The maximum absolute atomic E-state index is 13.5. The van der Waals surface area contributed by atoms with Gasteiger partial charge in [-0.25, -0.2) is 4.39 Å². The minimum absolute atomic E-state index is 0.173. The molecule has 4 rings (SSSR count). The summed E-state index contributed by atoms with van der Waals surface area (Å²) in [5.41, 5.74) is 2.85. The molecule has 2 amide bonds. The maximum atomic E-state index is 13.5. The number of nitriles is 1. The number of aryl methyl sites for hydroxylation is 1. The van der Waals surface area contributed by atoms with E-state index in [1.165, 1.54) is 40.9 Å². The van der Waals surface area contributed by atoms with Crippen LogP contribution in [0.4, 0.5) is 15.8 Å². The first kappa shape index (κ1) is 22.3. The smallest absolute Gasteiger partial charge is 0.269 e. The number of hydrogen-bond donors (Lipinski definition) is 1. The Morgan fingerprint density at radius 2 is 1.73 bits per heavy atom. The average molecular weight is 458 g/mol. The molecule has 3 aromatic rings. The molecule has 1 aliphatic rings. The predicted molar refractivity (Wildman–Crippen MR) is 128 cm³/mol. The number of rotatable bonds is 5. The van der Waals surface area contributed by atoms with Gasteiger partial charge in [-0.1, -0.05) is 59.8 Å². The molecule has 0 spiro atoms. The molecule has 164 valence electrons. The van der Waals surface area contributed by atoms with Crippen molar-refractivity contribution < 1.29 is 14.0 Å². The Balaban J connectivity index is 1.72. The van der Waals surface area contributed by atoms with E-state index in [1.54, 1.807) is 24.3 Å². The van der Waals surface area contributed by atoms with Gasteiger partial charge in [-0.2, -0.15) is 5.26 Å². The molecule has 0 radical (unpaired) electrons. The number of halogens is 1. The van der Waals surface area contributed by atoms with E-state index in [9.17, 15) is 19.2 Å². The topological polar surface area (TPSA) is 73.2 Å².